The SMILES string of the molecule is Cc1ccc(Cn2c(-c3cccc(NS(=O)(=O)C4CC4)c3)nc3ccccc32)cc1. The molecule has 30 heavy (non-hydrogen) atoms. The number of nitrogens with one attached hydrogen (secondary N) is 1. The van der Waals surface area contributed by atoms with E-state index in [0.29, 0.717) is 12.2 Å². The van der Waals surface area contributed by atoms with Crippen molar-refractivity contribution < 1.29 is 8.42 Å². The maximum atomic E-state index is 12.4. The number of aryl methyl sites for hydroxylation is 1. The predicted molar refractivity (Wildman–Crippen MR) is 121 cm³/mol. The van der Waals surface area contributed by atoms with E-state index in [1.165, 1.54) is 11.1 Å². The standard InChI is InChI=1S/C24H23N3O2S/c1-17-9-11-18(12-10-17)16-27-23-8-3-2-7-22(23)25-24(27)19-5-4-6-20(15-19)26-30(28,29)21-13-14-21/h2-12,15,21,26H,13-14,16H2,1H3. The van der Waals surface area contributed by atoms with E-state index in [0.717, 1.165) is 35.3 Å². The van der Waals surface area contributed by atoms with Crippen LogP contribution in [0.1, 0.15) is 24.0 Å². The van der Waals surface area contributed by atoms with Crippen LogP contribution in [-0.4, -0.2) is 23.2 Å². The molecule has 1 heterocycles. The lowest BCUT2D eigenvalue weighted by Crippen LogP contribution is -2.17. The first-order valence-corrected chi connectivity index (χ1v) is 11.7. The Morgan fingerprint density at radius 1 is 1.00 bits per heavy atom. The van der Waals surface area contributed by atoms with Gasteiger partial charge in [0, 0.05) is 17.8 Å². The molecule has 0 spiro atoms. The number of para-hydroxylation sites is 2. The van der Waals surface area contributed by atoms with Crippen LogP contribution < -0.4 is 4.72 Å². The molecule has 1 aliphatic rings. The Labute approximate surface area is 176 Å². The van der Waals surface area contributed by atoms with Crippen molar-refractivity contribution in [1.29, 1.82) is 0 Å². The van der Waals surface area contributed by atoms with Crippen molar-refractivity contribution in [2.75, 3.05) is 4.72 Å². The topological polar surface area (TPSA) is 64.0 Å². The fourth-order valence-electron chi connectivity index (χ4n) is 3.68. The Kier molecular flexibility index (Phi) is 4.59. The maximum absolute atomic E-state index is 12.4. The summed E-state index contributed by atoms with van der Waals surface area (Å²) in [5.74, 6) is 0.823. The highest BCUT2D eigenvalue weighted by Gasteiger charge is 2.35. The normalized spacial score (nSPS) is 14.2. The van der Waals surface area contributed by atoms with Gasteiger partial charge in [-0.3, -0.25) is 4.72 Å². The molecule has 5 rings (SSSR count). The summed E-state index contributed by atoms with van der Waals surface area (Å²) in [5.41, 5.74) is 5.85. The van der Waals surface area contributed by atoms with Gasteiger partial charge in [0.1, 0.15) is 5.82 Å². The van der Waals surface area contributed by atoms with E-state index >= 15 is 0 Å². The molecule has 0 unspecified atom stereocenters. The second kappa shape index (κ2) is 7.29. The molecule has 152 valence electrons. The van der Waals surface area contributed by atoms with E-state index in [-0.39, 0.29) is 5.25 Å². The maximum Gasteiger partial charge on any atom is 0.235 e. The summed E-state index contributed by atoms with van der Waals surface area (Å²) < 4.78 is 29.6. The van der Waals surface area contributed by atoms with Gasteiger partial charge in [0.15, 0.2) is 0 Å². The largest absolute Gasteiger partial charge is 0.319 e. The molecule has 5 nitrogen and oxygen atoms in total. The molecule has 0 bridgehead atoms. The highest BCUT2D eigenvalue weighted by atomic mass is 32.2. The molecule has 1 aliphatic carbocycles. The molecule has 0 radical (unpaired) electrons. The van der Waals surface area contributed by atoms with Gasteiger partial charge < -0.3 is 4.57 Å². The van der Waals surface area contributed by atoms with Crippen molar-refractivity contribution in [3.8, 4) is 11.4 Å². The molecule has 0 saturated heterocycles. The van der Waals surface area contributed by atoms with Crippen LogP contribution in [0.25, 0.3) is 22.4 Å². The quantitative estimate of drug-likeness (QED) is 0.482. The smallest absolute Gasteiger partial charge is 0.235 e. The van der Waals surface area contributed by atoms with Crippen LogP contribution in [-0.2, 0) is 16.6 Å². The van der Waals surface area contributed by atoms with Crippen LogP contribution in [0.3, 0.4) is 0 Å². The van der Waals surface area contributed by atoms with Crippen LogP contribution in [0.4, 0.5) is 5.69 Å². The minimum atomic E-state index is -3.30. The second-order valence-electron chi connectivity index (χ2n) is 7.92. The first kappa shape index (κ1) is 18.9. The third kappa shape index (κ3) is 3.71. The molecular formula is C24H23N3O2S. The Morgan fingerprint density at radius 2 is 1.77 bits per heavy atom. The van der Waals surface area contributed by atoms with Gasteiger partial charge in [0.2, 0.25) is 10.0 Å². The molecule has 1 N–H and O–H groups in total. The van der Waals surface area contributed by atoms with Crippen molar-refractivity contribution in [3.05, 3.63) is 83.9 Å². The van der Waals surface area contributed by atoms with Crippen molar-refractivity contribution in [2.45, 2.75) is 31.6 Å². The Balaban J connectivity index is 1.57. The van der Waals surface area contributed by atoms with Gasteiger partial charge in [-0.05, 0) is 49.6 Å². The minimum absolute atomic E-state index is 0.257. The third-order valence-electron chi connectivity index (χ3n) is 5.46. The summed E-state index contributed by atoms with van der Waals surface area (Å²) in [7, 11) is -3.30. The van der Waals surface area contributed by atoms with Gasteiger partial charge >= 0.3 is 0 Å². The van der Waals surface area contributed by atoms with Crippen LogP contribution >= 0.6 is 0 Å². The number of nitrogens with zero attached hydrogens (tertiary/aromatic N) is 2. The number of anilines is 1. The number of hydrogen-bond acceptors (Lipinski definition) is 3. The van der Waals surface area contributed by atoms with Crippen LogP contribution in [0, 0.1) is 6.92 Å². The van der Waals surface area contributed by atoms with Crippen molar-refractivity contribution in [2.24, 2.45) is 0 Å². The molecule has 6 heteroatoms. The Morgan fingerprint density at radius 3 is 2.53 bits per heavy atom. The average molecular weight is 418 g/mol. The van der Waals surface area contributed by atoms with E-state index in [9.17, 15) is 8.42 Å². The van der Waals surface area contributed by atoms with Crippen LogP contribution in [0.5, 0.6) is 0 Å². The van der Waals surface area contributed by atoms with E-state index in [2.05, 4.69) is 46.5 Å². The van der Waals surface area contributed by atoms with Crippen molar-refractivity contribution in [3.63, 3.8) is 0 Å². The zero-order valence-electron chi connectivity index (χ0n) is 16.7. The Hall–Kier alpha value is -3.12. The van der Waals surface area contributed by atoms with E-state index in [1.807, 2.05) is 36.4 Å². The molecule has 0 aliphatic heterocycles. The molecule has 4 aromatic rings. The lowest BCUT2D eigenvalue weighted by Gasteiger charge is -2.12. The molecule has 3 aromatic carbocycles. The molecule has 1 aromatic heterocycles. The first-order chi connectivity index (χ1) is 14.5. The third-order valence-corrected chi connectivity index (χ3v) is 7.33. The van der Waals surface area contributed by atoms with Gasteiger partial charge in [-0.2, -0.15) is 0 Å². The first-order valence-electron chi connectivity index (χ1n) is 10.1. The average Bonchev–Trinajstić information content (AvgIpc) is 3.54. The van der Waals surface area contributed by atoms with Crippen LogP contribution in [0.2, 0.25) is 0 Å². The lowest BCUT2D eigenvalue weighted by molar-refractivity contribution is 0.600. The number of hydrogen-bond donors (Lipinski definition) is 1. The van der Waals surface area contributed by atoms with Crippen LogP contribution in [0.15, 0.2) is 72.8 Å². The van der Waals surface area contributed by atoms with Crippen molar-refractivity contribution >= 4 is 26.7 Å². The molecule has 1 fully saturated rings. The molecule has 0 atom stereocenters. The number of benzene rings is 3. The fourth-order valence-corrected chi connectivity index (χ4v) is 5.06. The number of imidazole rings is 1. The van der Waals surface area contributed by atoms with E-state index < -0.39 is 10.0 Å². The number of aromatic nitrogens is 2. The number of sulfonamides is 1. The summed E-state index contributed by atoms with van der Waals surface area (Å²) in [4.78, 5) is 4.87. The molecule has 1 saturated carbocycles. The van der Waals surface area contributed by atoms with Gasteiger partial charge in [-0.25, -0.2) is 13.4 Å². The summed E-state index contributed by atoms with van der Waals surface area (Å²) in [6, 6.07) is 24.1. The molecule has 0 amide bonds. The van der Waals surface area contributed by atoms with Gasteiger partial charge in [0.25, 0.3) is 0 Å². The minimum Gasteiger partial charge on any atom is -0.319 e. The number of fused-ring (bicyclic) bond motifs is 1. The lowest BCUT2D eigenvalue weighted by atomic mass is 10.1. The Bertz CT molecular complexity index is 1320. The van der Waals surface area contributed by atoms with Gasteiger partial charge in [0.05, 0.1) is 16.3 Å². The highest BCUT2D eigenvalue weighted by molar-refractivity contribution is 7.93. The number of rotatable bonds is 6. The molecular weight excluding hydrogens is 394 g/mol. The van der Waals surface area contributed by atoms with Gasteiger partial charge in [-0.1, -0.05) is 54.1 Å². The van der Waals surface area contributed by atoms with Gasteiger partial charge in [-0.15, -0.1) is 0 Å². The van der Waals surface area contributed by atoms with Crippen molar-refractivity contribution in [1.82, 2.24) is 9.55 Å². The van der Waals surface area contributed by atoms with E-state index in [4.69, 9.17) is 4.98 Å². The highest BCUT2D eigenvalue weighted by Crippen LogP contribution is 2.31. The summed E-state index contributed by atoms with van der Waals surface area (Å²) in [6.45, 7) is 2.77. The second-order valence-corrected chi connectivity index (χ2v) is 9.88. The zero-order valence-corrected chi connectivity index (χ0v) is 17.6. The summed E-state index contributed by atoms with van der Waals surface area (Å²) in [6.07, 6.45) is 1.47. The zero-order chi connectivity index (χ0) is 20.7. The summed E-state index contributed by atoms with van der Waals surface area (Å²) >= 11 is 0. The monoisotopic (exact) mass is 417 g/mol. The predicted octanol–water partition coefficient (Wildman–Crippen LogP) is 4.96. The van der Waals surface area contributed by atoms with E-state index in [1.54, 1.807) is 6.07 Å². The fraction of sp³-hybridized carbons (Fsp3) is 0.208. The summed E-state index contributed by atoms with van der Waals surface area (Å²) in [5, 5.41) is -0.257.